The quantitative estimate of drug-likeness (QED) is 0.467. The van der Waals surface area contributed by atoms with Crippen LogP contribution in [0, 0.1) is 0 Å². The fourth-order valence-electron chi connectivity index (χ4n) is 3.17. The van der Waals surface area contributed by atoms with Gasteiger partial charge in [-0.1, -0.05) is 12.1 Å². The summed E-state index contributed by atoms with van der Waals surface area (Å²) in [6, 6.07) is 9.37. The molecule has 2 N–H and O–H groups in total. The van der Waals surface area contributed by atoms with Crippen molar-refractivity contribution in [2.45, 2.75) is 26.9 Å². The molecule has 170 valence electrons. The monoisotopic (exact) mass is 442 g/mol. The molecule has 0 fully saturated rings. The van der Waals surface area contributed by atoms with Crippen LogP contribution in [0.4, 0.5) is 0 Å². The summed E-state index contributed by atoms with van der Waals surface area (Å²) in [6.45, 7) is 4.54. The van der Waals surface area contributed by atoms with Gasteiger partial charge in [-0.05, 0) is 38.1 Å². The summed E-state index contributed by atoms with van der Waals surface area (Å²) in [5, 5.41) is 18.3. The first kappa shape index (κ1) is 24.8. The third kappa shape index (κ3) is 8.32. The Morgan fingerprint density at radius 2 is 1.09 bits per heavy atom. The molecule has 0 aliphatic heterocycles. The van der Waals surface area contributed by atoms with E-state index >= 15 is 0 Å². The van der Waals surface area contributed by atoms with E-state index in [1.54, 1.807) is 24.3 Å². The first-order chi connectivity index (χ1) is 15.1. The van der Waals surface area contributed by atoms with Crippen LogP contribution >= 0.6 is 0 Å². The minimum absolute atomic E-state index is 0.0617. The van der Waals surface area contributed by atoms with Gasteiger partial charge in [-0.2, -0.15) is 0 Å². The molecule has 2 rings (SSSR count). The molecule has 0 bridgehead atoms. The molecule has 10 heteroatoms. The number of hydrogen-bond acceptors (Lipinski definition) is 8. The Kier molecular flexibility index (Phi) is 9.11. The van der Waals surface area contributed by atoms with Crippen LogP contribution in [0.15, 0.2) is 36.4 Å². The zero-order chi connectivity index (χ0) is 23.7. The Hall–Kier alpha value is -3.50. The van der Waals surface area contributed by atoms with Gasteiger partial charge in [-0.15, -0.1) is 0 Å². The second-order valence-electron chi connectivity index (χ2n) is 7.46. The molecule has 32 heavy (non-hydrogen) atoms. The van der Waals surface area contributed by atoms with E-state index in [-0.39, 0.29) is 49.1 Å². The van der Waals surface area contributed by atoms with Crippen molar-refractivity contribution < 1.29 is 29.4 Å². The topological polar surface area (TPSA) is 141 Å². The van der Waals surface area contributed by atoms with Crippen LogP contribution in [0.3, 0.4) is 0 Å². The highest BCUT2D eigenvalue weighted by Gasteiger charge is 2.16. The van der Waals surface area contributed by atoms with Crippen molar-refractivity contribution in [2.75, 3.05) is 26.2 Å². The number of nitrogens with zero attached hydrogens (tertiary/aromatic N) is 4. The maximum atomic E-state index is 11.7. The highest BCUT2D eigenvalue weighted by molar-refractivity contribution is 5.85. The van der Waals surface area contributed by atoms with Crippen molar-refractivity contribution in [3.8, 4) is 0 Å². The average molecular weight is 442 g/mol. The molecular formula is C22H26N4O6. The van der Waals surface area contributed by atoms with Crippen molar-refractivity contribution in [2.24, 2.45) is 0 Å². The molecule has 0 spiro atoms. The number of ketones is 2. The highest BCUT2D eigenvalue weighted by atomic mass is 16.4. The van der Waals surface area contributed by atoms with Crippen LogP contribution in [-0.4, -0.2) is 79.7 Å². The van der Waals surface area contributed by atoms with E-state index in [4.69, 9.17) is 10.2 Å². The number of aromatic carboxylic acids is 2. The van der Waals surface area contributed by atoms with Gasteiger partial charge in [0.15, 0.2) is 0 Å². The molecular weight excluding hydrogens is 416 g/mol. The second kappa shape index (κ2) is 11.8. The highest BCUT2D eigenvalue weighted by Crippen LogP contribution is 2.08. The molecule has 0 aliphatic rings. The van der Waals surface area contributed by atoms with Gasteiger partial charge in [-0.25, -0.2) is 19.6 Å². The van der Waals surface area contributed by atoms with Gasteiger partial charge in [-0.3, -0.25) is 19.4 Å². The van der Waals surface area contributed by atoms with E-state index in [1.807, 2.05) is 9.80 Å². The summed E-state index contributed by atoms with van der Waals surface area (Å²) in [5.41, 5.74) is 0.876. The summed E-state index contributed by atoms with van der Waals surface area (Å²) in [6.07, 6.45) is 0. The number of carboxylic acid groups (broad SMARTS) is 2. The summed E-state index contributed by atoms with van der Waals surface area (Å²) >= 11 is 0. The Morgan fingerprint density at radius 3 is 1.41 bits per heavy atom. The lowest BCUT2D eigenvalue weighted by molar-refractivity contribution is -0.119. The zero-order valence-electron chi connectivity index (χ0n) is 18.0. The van der Waals surface area contributed by atoms with Crippen molar-refractivity contribution in [1.29, 1.82) is 0 Å². The Bertz CT molecular complexity index is 914. The van der Waals surface area contributed by atoms with Gasteiger partial charge in [0.1, 0.15) is 23.0 Å². The van der Waals surface area contributed by atoms with E-state index in [2.05, 4.69) is 9.97 Å². The third-order valence-electron chi connectivity index (χ3n) is 4.45. The molecule has 2 aromatic heterocycles. The van der Waals surface area contributed by atoms with E-state index in [0.29, 0.717) is 24.5 Å². The standard InChI is InChI=1S/C22H26N4O6/c1-15(27)11-25(13-17-5-3-7-19(23-17)21(29)30)9-10-26(12-16(2)28)14-18-6-4-8-20(24-18)22(31)32/h3-8H,9-14H2,1-2H3,(H,29,30)(H,31,32). The van der Waals surface area contributed by atoms with Crippen LogP contribution in [0.5, 0.6) is 0 Å². The molecule has 0 saturated carbocycles. The van der Waals surface area contributed by atoms with E-state index in [1.165, 1.54) is 26.0 Å². The smallest absolute Gasteiger partial charge is 0.354 e. The number of pyridine rings is 2. The summed E-state index contributed by atoms with van der Waals surface area (Å²) in [4.78, 5) is 57.7. The van der Waals surface area contributed by atoms with E-state index < -0.39 is 11.9 Å². The SMILES string of the molecule is CC(=O)CN(CCN(CC(C)=O)Cc1cccc(C(=O)O)n1)Cc1cccc(C(=O)O)n1. The fraction of sp³-hybridized carbons (Fsp3) is 0.364. The van der Waals surface area contributed by atoms with Crippen molar-refractivity contribution in [3.05, 3.63) is 59.2 Å². The molecule has 0 atom stereocenters. The lowest BCUT2D eigenvalue weighted by atomic mass is 10.2. The van der Waals surface area contributed by atoms with Crippen molar-refractivity contribution in [3.63, 3.8) is 0 Å². The Labute approximate surface area is 185 Å². The minimum atomic E-state index is -1.13. The maximum Gasteiger partial charge on any atom is 0.354 e. The molecule has 0 aromatic carbocycles. The lowest BCUT2D eigenvalue weighted by Gasteiger charge is -2.26. The fourth-order valence-corrected chi connectivity index (χ4v) is 3.17. The predicted octanol–water partition coefficient (Wildman–Crippen LogP) is 1.36. The zero-order valence-corrected chi connectivity index (χ0v) is 18.0. The first-order valence-corrected chi connectivity index (χ1v) is 9.96. The van der Waals surface area contributed by atoms with Gasteiger partial charge in [0.2, 0.25) is 0 Å². The molecule has 0 amide bonds. The van der Waals surface area contributed by atoms with Crippen molar-refractivity contribution in [1.82, 2.24) is 19.8 Å². The molecule has 0 radical (unpaired) electrons. The number of aromatic nitrogens is 2. The molecule has 10 nitrogen and oxygen atoms in total. The molecule has 0 saturated heterocycles. The average Bonchev–Trinajstić information content (AvgIpc) is 2.71. The Balaban J connectivity index is 2.12. The summed E-state index contributed by atoms with van der Waals surface area (Å²) in [5.74, 6) is -2.39. The van der Waals surface area contributed by atoms with Crippen LogP contribution in [-0.2, 0) is 22.7 Å². The largest absolute Gasteiger partial charge is 0.477 e. The number of Topliss-reactive ketones (excluding diaryl/α,β-unsaturated/α-hetero) is 2. The van der Waals surface area contributed by atoms with E-state index in [0.717, 1.165) is 0 Å². The van der Waals surface area contributed by atoms with Crippen LogP contribution < -0.4 is 0 Å². The molecule has 0 aliphatic carbocycles. The number of rotatable bonds is 13. The van der Waals surface area contributed by atoms with Gasteiger partial charge in [0, 0.05) is 26.2 Å². The maximum absolute atomic E-state index is 11.7. The van der Waals surface area contributed by atoms with Gasteiger partial charge in [0.05, 0.1) is 24.5 Å². The third-order valence-corrected chi connectivity index (χ3v) is 4.45. The van der Waals surface area contributed by atoms with Crippen LogP contribution in [0.25, 0.3) is 0 Å². The van der Waals surface area contributed by atoms with Gasteiger partial charge in [0.25, 0.3) is 0 Å². The summed E-state index contributed by atoms with van der Waals surface area (Å²) < 4.78 is 0. The first-order valence-electron chi connectivity index (χ1n) is 9.96. The van der Waals surface area contributed by atoms with Crippen LogP contribution in [0.2, 0.25) is 0 Å². The second-order valence-corrected chi connectivity index (χ2v) is 7.46. The number of carbonyl (C=O) groups is 4. The molecule has 2 aromatic rings. The van der Waals surface area contributed by atoms with E-state index in [9.17, 15) is 19.2 Å². The minimum Gasteiger partial charge on any atom is -0.477 e. The number of carbonyl (C=O) groups excluding carboxylic acids is 2. The summed E-state index contributed by atoms with van der Waals surface area (Å²) in [7, 11) is 0. The number of carboxylic acids is 2. The van der Waals surface area contributed by atoms with Gasteiger partial charge < -0.3 is 10.2 Å². The molecule has 2 heterocycles. The normalized spacial score (nSPS) is 11.0. The van der Waals surface area contributed by atoms with Gasteiger partial charge >= 0.3 is 11.9 Å². The predicted molar refractivity (Wildman–Crippen MR) is 114 cm³/mol. The number of hydrogen-bond donors (Lipinski definition) is 2. The van der Waals surface area contributed by atoms with Crippen molar-refractivity contribution >= 4 is 23.5 Å². The molecule has 0 unspecified atom stereocenters. The van der Waals surface area contributed by atoms with Crippen LogP contribution in [0.1, 0.15) is 46.2 Å². The Morgan fingerprint density at radius 1 is 0.719 bits per heavy atom. The lowest BCUT2D eigenvalue weighted by Crippen LogP contribution is -2.39.